The van der Waals surface area contributed by atoms with Crippen molar-refractivity contribution in [2.75, 3.05) is 13.7 Å². The quantitative estimate of drug-likeness (QED) is 0.137. The summed E-state index contributed by atoms with van der Waals surface area (Å²) < 4.78 is 29.5. The van der Waals surface area contributed by atoms with E-state index in [4.69, 9.17) is 52.1 Å². The number of carbonyl (C=O) groups is 3. The van der Waals surface area contributed by atoms with Crippen LogP contribution in [0.15, 0.2) is 103 Å². The summed E-state index contributed by atoms with van der Waals surface area (Å²) in [7, 11) is 1.26. The van der Waals surface area contributed by atoms with E-state index in [1.54, 1.807) is 45.0 Å². The molecule has 0 radical (unpaired) electrons. The summed E-state index contributed by atoms with van der Waals surface area (Å²) in [5, 5.41) is 12.9. The number of hydrogen-bond acceptors (Lipinski definition) is 9. The zero-order valence-corrected chi connectivity index (χ0v) is 35.0. The van der Waals surface area contributed by atoms with Crippen molar-refractivity contribution in [3.05, 3.63) is 147 Å². The molecule has 11 nitrogen and oxygen atoms in total. The first-order chi connectivity index (χ1) is 28.8. The second-order valence-corrected chi connectivity index (χ2v) is 16.4. The van der Waals surface area contributed by atoms with Crippen LogP contribution in [-0.2, 0) is 45.1 Å². The van der Waals surface area contributed by atoms with Crippen LogP contribution in [0.1, 0.15) is 60.3 Å². The van der Waals surface area contributed by atoms with Gasteiger partial charge in [0.2, 0.25) is 5.91 Å². The van der Waals surface area contributed by atoms with Crippen molar-refractivity contribution in [3.63, 3.8) is 0 Å². The molecule has 7 rings (SSSR count). The van der Waals surface area contributed by atoms with E-state index in [1.807, 2.05) is 78.9 Å². The molecule has 0 fully saturated rings. The molecule has 1 N–H and O–H groups in total. The summed E-state index contributed by atoms with van der Waals surface area (Å²) in [5.41, 5.74) is 5.73. The minimum atomic E-state index is -1.04. The number of amides is 2. The Labute approximate surface area is 358 Å². The van der Waals surface area contributed by atoms with Gasteiger partial charge in [-0.25, -0.2) is 9.59 Å². The van der Waals surface area contributed by atoms with Crippen molar-refractivity contribution in [1.29, 1.82) is 5.26 Å². The molecule has 308 valence electrons. The lowest BCUT2D eigenvalue weighted by Gasteiger charge is -2.38. The third-order valence-corrected chi connectivity index (χ3v) is 10.9. The molecule has 2 amide bonds. The van der Waals surface area contributed by atoms with E-state index in [0.29, 0.717) is 39.5 Å². The van der Waals surface area contributed by atoms with E-state index in [-0.39, 0.29) is 26.0 Å². The minimum absolute atomic E-state index is 0.0498. The predicted octanol–water partition coefficient (Wildman–Crippen LogP) is 9.19. The van der Waals surface area contributed by atoms with Crippen LogP contribution < -0.4 is 19.5 Å². The molecule has 0 saturated carbocycles. The molecular weight excluding hydrogens is 805 g/mol. The van der Waals surface area contributed by atoms with E-state index in [1.165, 1.54) is 12.0 Å². The molecule has 2 aliphatic rings. The lowest BCUT2D eigenvalue weighted by Crippen LogP contribution is -2.56. The second kappa shape index (κ2) is 18.0. The topological polar surface area (TPSA) is 136 Å². The van der Waals surface area contributed by atoms with E-state index >= 15 is 0 Å². The molecule has 0 aliphatic carbocycles. The Hall–Kier alpha value is -6.22. The first-order valence-electron chi connectivity index (χ1n) is 19.4. The van der Waals surface area contributed by atoms with Crippen LogP contribution in [-0.4, -0.2) is 54.3 Å². The Morgan fingerprint density at radius 3 is 2.18 bits per heavy atom. The highest BCUT2D eigenvalue weighted by Gasteiger charge is 2.40. The largest absolute Gasteiger partial charge is 0.489 e. The summed E-state index contributed by atoms with van der Waals surface area (Å²) in [4.78, 5) is 42.4. The van der Waals surface area contributed by atoms with Gasteiger partial charge in [0.15, 0.2) is 17.6 Å². The molecule has 3 atom stereocenters. The highest BCUT2D eigenvalue weighted by atomic mass is 35.5. The van der Waals surface area contributed by atoms with Gasteiger partial charge in [-0.15, -0.1) is 0 Å². The van der Waals surface area contributed by atoms with Crippen molar-refractivity contribution < 1.29 is 38.1 Å². The SMILES string of the molecule is COC(=O)[C@H](Cc1ccc(-c2ccc(C#N)cc2)cc1)NC(=O)C1Cc2cc3c(cc2CN1C(=O)OC(C)(C)C)OC(c1ccc(OCc2ccc(Cl)c(Cl)c2)cc1)CO3. The molecule has 0 saturated heterocycles. The van der Waals surface area contributed by atoms with Gasteiger partial charge in [-0.3, -0.25) is 9.69 Å². The average molecular weight is 849 g/mol. The van der Waals surface area contributed by atoms with E-state index in [9.17, 15) is 14.4 Å². The van der Waals surface area contributed by atoms with Crippen LogP contribution in [0.4, 0.5) is 4.79 Å². The Balaban J connectivity index is 1.05. The van der Waals surface area contributed by atoms with Crippen molar-refractivity contribution in [3.8, 4) is 34.4 Å². The maximum atomic E-state index is 14.2. The van der Waals surface area contributed by atoms with Gasteiger partial charge in [0.25, 0.3) is 0 Å². The number of nitrogens with zero attached hydrogens (tertiary/aromatic N) is 2. The number of halogens is 2. The highest BCUT2D eigenvalue weighted by Crippen LogP contribution is 2.41. The van der Waals surface area contributed by atoms with Crippen LogP contribution in [0.3, 0.4) is 0 Å². The van der Waals surface area contributed by atoms with E-state index in [2.05, 4.69) is 11.4 Å². The zero-order valence-electron chi connectivity index (χ0n) is 33.5. The molecule has 0 aromatic heterocycles. The van der Waals surface area contributed by atoms with Crippen LogP contribution in [0, 0.1) is 11.3 Å². The fourth-order valence-corrected chi connectivity index (χ4v) is 7.37. The number of carbonyl (C=O) groups excluding carboxylic acids is 3. The van der Waals surface area contributed by atoms with Crippen LogP contribution >= 0.6 is 23.2 Å². The van der Waals surface area contributed by atoms with Crippen LogP contribution in [0.25, 0.3) is 11.1 Å². The smallest absolute Gasteiger partial charge is 0.411 e. The number of esters is 1. The Bertz CT molecular complexity index is 2430. The fraction of sp³-hybridized carbons (Fsp3) is 0.277. The Kier molecular flexibility index (Phi) is 12.5. The average Bonchev–Trinajstić information content (AvgIpc) is 3.24. The molecule has 5 aromatic rings. The summed E-state index contributed by atoms with van der Waals surface area (Å²) >= 11 is 12.2. The first kappa shape index (κ1) is 41.9. The Morgan fingerprint density at radius 1 is 0.867 bits per heavy atom. The van der Waals surface area contributed by atoms with E-state index in [0.717, 1.165) is 38.9 Å². The lowest BCUT2D eigenvalue weighted by molar-refractivity contribution is -0.145. The van der Waals surface area contributed by atoms with Gasteiger partial charge in [0.05, 0.1) is 35.3 Å². The van der Waals surface area contributed by atoms with Gasteiger partial charge in [-0.1, -0.05) is 77.8 Å². The van der Waals surface area contributed by atoms with Gasteiger partial charge in [0.1, 0.15) is 36.6 Å². The van der Waals surface area contributed by atoms with Crippen molar-refractivity contribution in [2.45, 2.75) is 70.6 Å². The van der Waals surface area contributed by atoms with Gasteiger partial charge in [0, 0.05) is 12.8 Å². The van der Waals surface area contributed by atoms with Crippen molar-refractivity contribution >= 4 is 41.2 Å². The van der Waals surface area contributed by atoms with Gasteiger partial charge in [-0.2, -0.15) is 5.26 Å². The molecule has 0 bridgehead atoms. The Morgan fingerprint density at radius 2 is 1.53 bits per heavy atom. The summed E-state index contributed by atoms with van der Waals surface area (Å²) in [5.74, 6) is 0.542. The summed E-state index contributed by atoms with van der Waals surface area (Å²) in [6.45, 7) is 5.89. The molecule has 60 heavy (non-hydrogen) atoms. The molecule has 5 aromatic carbocycles. The third-order valence-electron chi connectivity index (χ3n) is 10.2. The fourth-order valence-electron chi connectivity index (χ4n) is 7.05. The predicted molar refractivity (Wildman–Crippen MR) is 226 cm³/mol. The number of nitrogens with one attached hydrogen (secondary N) is 1. The van der Waals surface area contributed by atoms with Gasteiger partial charge >= 0.3 is 12.1 Å². The number of hydrogen-bond donors (Lipinski definition) is 1. The number of methoxy groups -OCH3 is 1. The molecule has 2 heterocycles. The van der Waals surface area contributed by atoms with Gasteiger partial charge < -0.3 is 29.0 Å². The standard InChI is InChI=1S/C47H43Cl2N3O8/c1-47(2,3)60-46(55)52-25-35-23-42-41(58-27-43(59-42)33-14-16-36(17-15-33)57-26-30-9-18-37(48)38(49)19-30)22-34(35)21-40(52)44(53)51-39(45(54)56-4)20-28-5-10-31(11-6-28)32-12-7-29(24-50)8-13-32/h5-19,22-23,39-40,43H,20-21,25-27H2,1-4H3,(H,51,53)/t39-,40?,43?/m0/s1. The van der Waals surface area contributed by atoms with Gasteiger partial charge in [-0.05, 0) is 108 Å². The summed E-state index contributed by atoms with van der Waals surface area (Å²) in [6.07, 6.45) is -0.797. The first-order valence-corrected chi connectivity index (χ1v) is 20.1. The number of fused-ring (bicyclic) bond motifs is 2. The highest BCUT2D eigenvalue weighted by molar-refractivity contribution is 6.42. The molecule has 13 heteroatoms. The number of benzene rings is 5. The van der Waals surface area contributed by atoms with Crippen molar-refractivity contribution in [2.24, 2.45) is 0 Å². The van der Waals surface area contributed by atoms with Crippen LogP contribution in [0.2, 0.25) is 10.0 Å². The molecule has 2 unspecified atom stereocenters. The minimum Gasteiger partial charge on any atom is -0.489 e. The van der Waals surface area contributed by atoms with E-state index < -0.39 is 41.8 Å². The van der Waals surface area contributed by atoms with Crippen molar-refractivity contribution in [1.82, 2.24) is 10.2 Å². The zero-order chi connectivity index (χ0) is 42.6. The number of ether oxygens (including phenoxy) is 5. The number of nitriles is 1. The van der Waals surface area contributed by atoms with Crippen LogP contribution in [0.5, 0.6) is 17.2 Å². The maximum Gasteiger partial charge on any atom is 0.411 e. The number of rotatable bonds is 10. The maximum absolute atomic E-state index is 14.2. The molecule has 0 spiro atoms. The molecular formula is C47H43Cl2N3O8. The monoisotopic (exact) mass is 847 g/mol. The summed E-state index contributed by atoms with van der Waals surface area (Å²) in [6, 6.07) is 31.5. The normalized spacial score (nSPS) is 16.1. The lowest BCUT2D eigenvalue weighted by atomic mass is 9.92. The second-order valence-electron chi connectivity index (χ2n) is 15.6. The third kappa shape index (κ3) is 9.96. The molecule has 2 aliphatic heterocycles.